The van der Waals surface area contributed by atoms with E-state index in [1.807, 2.05) is 35.9 Å². The number of β-amino-alcohol motifs (C(OH)–C–C–N with tert-alkyl or cyclic N) is 1. The Labute approximate surface area is 153 Å². The summed E-state index contributed by atoms with van der Waals surface area (Å²) in [6.07, 6.45) is -0.249. The summed E-state index contributed by atoms with van der Waals surface area (Å²) in [5, 5.41) is 21.9. The van der Waals surface area contributed by atoms with Gasteiger partial charge in [-0.1, -0.05) is 11.6 Å². The lowest BCUT2D eigenvalue weighted by Crippen LogP contribution is -2.30. The Kier molecular flexibility index (Phi) is 6.66. The van der Waals surface area contributed by atoms with E-state index in [2.05, 4.69) is 22.7 Å². The molecule has 0 aliphatic carbocycles. The highest BCUT2D eigenvalue weighted by atomic mass is 35.5. The third kappa shape index (κ3) is 4.10. The van der Waals surface area contributed by atoms with Crippen molar-refractivity contribution in [3.8, 4) is 5.69 Å². The number of aromatic nitrogens is 2. The standard InChI is InChI=1S/C17H23ClN4O.ClH/c1-11-16(9-19-7-13-8-20-10-17(13)23)12(2)22(21-11)15-5-3-14(18)4-6-15;/h3-6,13,17,19-20,23H,7-10H2,1-2H3;1H. The van der Waals surface area contributed by atoms with Crippen molar-refractivity contribution in [2.24, 2.45) is 5.92 Å². The van der Waals surface area contributed by atoms with E-state index in [-0.39, 0.29) is 24.4 Å². The lowest BCUT2D eigenvalue weighted by Gasteiger charge is -2.14. The number of aliphatic hydroxyl groups is 1. The molecule has 2 atom stereocenters. The Morgan fingerprint density at radius 1 is 1.29 bits per heavy atom. The van der Waals surface area contributed by atoms with Gasteiger partial charge in [0.2, 0.25) is 0 Å². The molecule has 3 rings (SSSR count). The van der Waals surface area contributed by atoms with Crippen LogP contribution in [0.1, 0.15) is 17.0 Å². The van der Waals surface area contributed by atoms with E-state index in [1.54, 1.807) is 0 Å². The number of halogens is 2. The van der Waals surface area contributed by atoms with Crippen LogP contribution in [0.4, 0.5) is 0 Å². The molecule has 0 radical (unpaired) electrons. The molecule has 2 unspecified atom stereocenters. The number of nitrogens with zero attached hydrogens (tertiary/aromatic N) is 2. The zero-order chi connectivity index (χ0) is 16.4. The number of aliphatic hydroxyl groups excluding tert-OH is 1. The van der Waals surface area contributed by atoms with Crippen LogP contribution in [0.2, 0.25) is 5.02 Å². The fourth-order valence-corrected chi connectivity index (χ4v) is 3.20. The van der Waals surface area contributed by atoms with Gasteiger partial charge in [0.15, 0.2) is 0 Å². The monoisotopic (exact) mass is 370 g/mol. The summed E-state index contributed by atoms with van der Waals surface area (Å²) in [5.74, 6) is 0.280. The van der Waals surface area contributed by atoms with E-state index in [9.17, 15) is 5.11 Å². The first-order valence-corrected chi connectivity index (χ1v) is 8.34. The molecule has 2 heterocycles. The molecule has 1 aromatic heterocycles. The van der Waals surface area contributed by atoms with Crippen LogP contribution in [0.5, 0.6) is 0 Å². The van der Waals surface area contributed by atoms with Crippen LogP contribution in [0.15, 0.2) is 24.3 Å². The first kappa shape index (κ1) is 19.2. The van der Waals surface area contributed by atoms with Gasteiger partial charge in [0.1, 0.15) is 0 Å². The fraction of sp³-hybridized carbons (Fsp3) is 0.471. The average Bonchev–Trinajstić information content (AvgIpc) is 3.06. The SMILES string of the molecule is Cc1nn(-c2ccc(Cl)cc2)c(C)c1CNCC1CNCC1O.Cl. The molecule has 132 valence electrons. The van der Waals surface area contributed by atoms with Crippen LogP contribution in [0.25, 0.3) is 5.69 Å². The van der Waals surface area contributed by atoms with E-state index in [1.165, 1.54) is 5.56 Å². The van der Waals surface area contributed by atoms with E-state index in [0.717, 1.165) is 41.7 Å². The van der Waals surface area contributed by atoms with Crippen molar-refractivity contribution in [1.82, 2.24) is 20.4 Å². The van der Waals surface area contributed by atoms with Crippen LogP contribution in [-0.4, -0.2) is 40.6 Å². The molecule has 1 aliphatic heterocycles. The smallest absolute Gasteiger partial charge is 0.0716 e. The minimum Gasteiger partial charge on any atom is -0.391 e. The van der Waals surface area contributed by atoms with Crippen LogP contribution in [0.3, 0.4) is 0 Å². The molecule has 0 saturated carbocycles. The van der Waals surface area contributed by atoms with Crippen molar-refractivity contribution in [3.63, 3.8) is 0 Å². The minimum absolute atomic E-state index is 0. The molecule has 2 aromatic rings. The molecule has 5 nitrogen and oxygen atoms in total. The summed E-state index contributed by atoms with van der Waals surface area (Å²) in [7, 11) is 0. The molecule has 1 aromatic carbocycles. The highest BCUT2D eigenvalue weighted by Crippen LogP contribution is 2.19. The van der Waals surface area contributed by atoms with Gasteiger partial charge in [-0.2, -0.15) is 5.10 Å². The maximum atomic E-state index is 9.84. The fourth-order valence-electron chi connectivity index (χ4n) is 3.07. The summed E-state index contributed by atoms with van der Waals surface area (Å²) >= 11 is 5.95. The van der Waals surface area contributed by atoms with E-state index >= 15 is 0 Å². The van der Waals surface area contributed by atoms with Crippen LogP contribution < -0.4 is 10.6 Å². The minimum atomic E-state index is -0.249. The van der Waals surface area contributed by atoms with Gasteiger partial charge in [-0.05, 0) is 38.1 Å². The van der Waals surface area contributed by atoms with Gasteiger partial charge in [0.05, 0.1) is 17.5 Å². The van der Waals surface area contributed by atoms with Crippen molar-refractivity contribution in [2.75, 3.05) is 19.6 Å². The second-order valence-corrected chi connectivity index (χ2v) is 6.59. The maximum Gasteiger partial charge on any atom is 0.0716 e. The first-order valence-electron chi connectivity index (χ1n) is 7.97. The summed E-state index contributed by atoms with van der Waals surface area (Å²) in [4.78, 5) is 0. The van der Waals surface area contributed by atoms with Crippen LogP contribution >= 0.6 is 24.0 Å². The van der Waals surface area contributed by atoms with E-state index in [0.29, 0.717) is 6.54 Å². The summed E-state index contributed by atoms with van der Waals surface area (Å²) in [6.45, 7) is 7.24. The molecule has 3 N–H and O–H groups in total. The van der Waals surface area contributed by atoms with Crippen molar-refractivity contribution in [2.45, 2.75) is 26.5 Å². The van der Waals surface area contributed by atoms with Gasteiger partial charge in [0.25, 0.3) is 0 Å². The molecule has 0 bridgehead atoms. The first-order chi connectivity index (χ1) is 11.1. The lowest BCUT2D eigenvalue weighted by molar-refractivity contribution is 0.146. The molecule has 1 aliphatic rings. The summed E-state index contributed by atoms with van der Waals surface area (Å²) in [5.41, 5.74) is 4.37. The number of hydrogen-bond donors (Lipinski definition) is 3. The van der Waals surface area contributed by atoms with Gasteiger partial charge in [-0.3, -0.25) is 0 Å². The Morgan fingerprint density at radius 2 is 2.00 bits per heavy atom. The van der Waals surface area contributed by atoms with Crippen LogP contribution in [0, 0.1) is 19.8 Å². The zero-order valence-corrected chi connectivity index (χ0v) is 15.5. The van der Waals surface area contributed by atoms with Gasteiger partial charge in [-0.25, -0.2) is 4.68 Å². The predicted octanol–water partition coefficient (Wildman–Crippen LogP) is 2.23. The second-order valence-electron chi connectivity index (χ2n) is 6.15. The number of aryl methyl sites for hydroxylation is 1. The second kappa shape index (κ2) is 8.32. The quantitative estimate of drug-likeness (QED) is 0.755. The number of hydrogen-bond acceptors (Lipinski definition) is 4. The molecule has 7 heteroatoms. The molecule has 24 heavy (non-hydrogen) atoms. The topological polar surface area (TPSA) is 62.1 Å². The third-order valence-corrected chi connectivity index (χ3v) is 4.78. The van der Waals surface area contributed by atoms with E-state index in [4.69, 9.17) is 11.6 Å². The van der Waals surface area contributed by atoms with Crippen molar-refractivity contribution < 1.29 is 5.11 Å². The van der Waals surface area contributed by atoms with Gasteiger partial charge in [0, 0.05) is 48.4 Å². The van der Waals surface area contributed by atoms with Crippen LogP contribution in [-0.2, 0) is 6.54 Å². The number of benzene rings is 1. The summed E-state index contributed by atoms with van der Waals surface area (Å²) < 4.78 is 1.95. The van der Waals surface area contributed by atoms with Gasteiger partial charge < -0.3 is 15.7 Å². The average molecular weight is 371 g/mol. The normalized spacial score (nSPS) is 20.2. The van der Waals surface area contributed by atoms with E-state index < -0.39 is 0 Å². The van der Waals surface area contributed by atoms with Gasteiger partial charge in [-0.15, -0.1) is 12.4 Å². The highest BCUT2D eigenvalue weighted by molar-refractivity contribution is 6.30. The van der Waals surface area contributed by atoms with Crippen molar-refractivity contribution >= 4 is 24.0 Å². The zero-order valence-electron chi connectivity index (χ0n) is 13.9. The maximum absolute atomic E-state index is 9.84. The number of nitrogens with one attached hydrogen (secondary N) is 2. The molecule has 0 amide bonds. The molecule has 1 fully saturated rings. The summed E-state index contributed by atoms with van der Waals surface area (Å²) in [6, 6.07) is 7.69. The van der Waals surface area contributed by atoms with Crippen molar-refractivity contribution in [3.05, 3.63) is 46.2 Å². The third-order valence-electron chi connectivity index (χ3n) is 4.52. The highest BCUT2D eigenvalue weighted by Gasteiger charge is 2.24. The van der Waals surface area contributed by atoms with Crippen molar-refractivity contribution in [1.29, 1.82) is 0 Å². The largest absolute Gasteiger partial charge is 0.391 e. The molecule has 0 spiro atoms. The Hall–Kier alpha value is -1.11. The Balaban J connectivity index is 0.00000208. The lowest BCUT2D eigenvalue weighted by atomic mass is 10.1. The number of rotatable bonds is 5. The molecule has 1 saturated heterocycles. The predicted molar refractivity (Wildman–Crippen MR) is 99.4 cm³/mol. The molecular formula is C17H24Cl2N4O. The Morgan fingerprint density at radius 3 is 2.62 bits per heavy atom. The molecular weight excluding hydrogens is 347 g/mol. The van der Waals surface area contributed by atoms with Gasteiger partial charge >= 0.3 is 0 Å². The Bertz CT molecular complexity index is 672.